The van der Waals surface area contributed by atoms with Gasteiger partial charge in [0.05, 0.1) is 6.04 Å². The third-order valence-electron chi connectivity index (χ3n) is 4.84. The molecule has 2 unspecified atom stereocenters. The van der Waals surface area contributed by atoms with Crippen LogP contribution in [-0.4, -0.2) is 48.1 Å². The van der Waals surface area contributed by atoms with Crippen molar-refractivity contribution >= 4 is 5.91 Å². The first-order valence-electron chi connectivity index (χ1n) is 8.37. The van der Waals surface area contributed by atoms with E-state index in [9.17, 15) is 4.79 Å². The van der Waals surface area contributed by atoms with Crippen LogP contribution in [0.4, 0.5) is 0 Å². The maximum absolute atomic E-state index is 12.4. The second-order valence-electron chi connectivity index (χ2n) is 6.75. The minimum absolute atomic E-state index is 0.0296. The summed E-state index contributed by atoms with van der Waals surface area (Å²) in [5, 5.41) is 6.77. The first-order valence-corrected chi connectivity index (χ1v) is 8.37. The number of carbonyl (C=O) groups is 1. The Hall–Kier alpha value is -0.610. The fourth-order valence-corrected chi connectivity index (χ4v) is 3.53. The number of hydrogen-bond acceptors (Lipinski definition) is 3. The minimum atomic E-state index is -0.0296. The van der Waals surface area contributed by atoms with Gasteiger partial charge in [-0.3, -0.25) is 9.69 Å². The molecule has 2 N–H and O–H groups in total. The van der Waals surface area contributed by atoms with Gasteiger partial charge in [0.25, 0.3) is 0 Å². The van der Waals surface area contributed by atoms with E-state index in [0.29, 0.717) is 18.1 Å². The number of rotatable bonds is 6. The summed E-state index contributed by atoms with van der Waals surface area (Å²) in [5.41, 5.74) is 0. The van der Waals surface area contributed by atoms with Crippen molar-refractivity contribution in [3.05, 3.63) is 0 Å². The zero-order valence-corrected chi connectivity index (χ0v) is 13.3. The van der Waals surface area contributed by atoms with Crippen LogP contribution in [0.15, 0.2) is 0 Å². The van der Waals surface area contributed by atoms with Gasteiger partial charge < -0.3 is 10.6 Å². The largest absolute Gasteiger partial charge is 0.352 e. The SMILES string of the molecule is CC(C)N(CC1CCCN1)C(C)C(=O)NC1CCCC1. The molecule has 1 saturated heterocycles. The fraction of sp³-hybridized carbons (Fsp3) is 0.938. The molecule has 116 valence electrons. The Morgan fingerprint density at radius 2 is 1.90 bits per heavy atom. The molecular formula is C16H31N3O. The highest BCUT2D eigenvalue weighted by Gasteiger charge is 2.29. The molecule has 1 aliphatic heterocycles. The lowest BCUT2D eigenvalue weighted by Gasteiger charge is -2.34. The molecule has 1 saturated carbocycles. The fourth-order valence-electron chi connectivity index (χ4n) is 3.53. The second-order valence-corrected chi connectivity index (χ2v) is 6.75. The summed E-state index contributed by atoms with van der Waals surface area (Å²) in [6, 6.07) is 1.35. The normalized spacial score (nSPS) is 25.6. The smallest absolute Gasteiger partial charge is 0.237 e. The Labute approximate surface area is 123 Å². The van der Waals surface area contributed by atoms with Crippen molar-refractivity contribution < 1.29 is 4.79 Å². The highest BCUT2D eigenvalue weighted by atomic mass is 16.2. The van der Waals surface area contributed by atoms with E-state index in [2.05, 4.69) is 36.3 Å². The van der Waals surface area contributed by atoms with Crippen molar-refractivity contribution in [2.75, 3.05) is 13.1 Å². The average molecular weight is 281 g/mol. The van der Waals surface area contributed by atoms with Crippen LogP contribution in [0.25, 0.3) is 0 Å². The summed E-state index contributed by atoms with van der Waals surface area (Å²) >= 11 is 0. The van der Waals surface area contributed by atoms with Gasteiger partial charge in [-0.15, -0.1) is 0 Å². The van der Waals surface area contributed by atoms with E-state index in [-0.39, 0.29) is 11.9 Å². The molecule has 1 aliphatic carbocycles. The quantitative estimate of drug-likeness (QED) is 0.781. The van der Waals surface area contributed by atoms with Crippen molar-refractivity contribution in [1.29, 1.82) is 0 Å². The Balaban J connectivity index is 1.87. The molecule has 2 aliphatic rings. The van der Waals surface area contributed by atoms with Gasteiger partial charge in [0.15, 0.2) is 0 Å². The second kappa shape index (κ2) is 7.41. The van der Waals surface area contributed by atoms with Gasteiger partial charge in [-0.1, -0.05) is 12.8 Å². The van der Waals surface area contributed by atoms with Crippen LogP contribution in [0.1, 0.15) is 59.3 Å². The molecule has 20 heavy (non-hydrogen) atoms. The molecule has 0 aromatic heterocycles. The highest BCUT2D eigenvalue weighted by Crippen LogP contribution is 2.18. The van der Waals surface area contributed by atoms with Crippen LogP contribution in [0.2, 0.25) is 0 Å². The van der Waals surface area contributed by atoms with Crippen molar-refractivity contribution in [2.24, 2.45) is 0 Å². The standard InChI is InChI=1S/C16H31N3O/c1-12(2)19(11-15-9-6-10-17-15)13(3)16(20)18-14-7-4-5-8-14/h12-15,17H,4-11H2,1-3H3,(H,18,20). The molecule has 4 heteroatoms. The Bertz CT molecular complexity index is 307. The zero-order chi connectivity index (χ0) is 14.5. The predicted octanol–water partition coefficient (Wildman–Crippen LogP) is 1.90. The predicted molar refractivity (Wildman–Crippen MR) is 82.7 cm³/mol. The van der Waals surface area contributed by atoms with Crippen LogP contribution >= 0.6 is 0 Å². The van der Waals surface area contributed by atoms with Crippen molar-refractivity contribution in [3.63, 3.8) is 0 Å². The molecule has 1 heterocycles. The summed E-state index contributed by atoms with van der Waals surface area (Å²) in [4.78, 5) is 14.8. The maximum atomic E-state index is 12.4. The van der Waals surface area contributed by atoms with Gasteiger partial charge in [-0.25, -0.2) is 0 Å². The number of nitrogens with zero attached hydrogens (tertiary/aromatic N) is 1. The maximum Gasteiger partial charge on any atom is 0.237 e. The lowest BCUT2D eigenvalue weighted by atomic mass is 10.1. The first-order chi connectivity index (χ1) is 9.58. The summed E-state index contributed by atoms with van der Waals surface area (Å²) in [6.45, 7) is 8.54. The van der Waals surface area contributed by atoms with E-state index in [0.717, 1.165) is 25.9 Å². The van der Waals surface area contributed by atoms with Gasteiger partial charge in [0, 0.05) is 24.7 Å². The van der Waals surface area contributed by atoms with Crippen LogP contribution in [0.3, 0.4) is 0 Å². The van der Waals surface area contributed by atoms with Gasteiger partial charge >= 0.3 is 0 Å². The van der Waals surface area contributed by atoms with Crippen molar-refractivity contribution in [1.82, 2.24) is 15.5 Å². The molecule has 4 nitrogen and oxygen atoms in total. The van der Waals surface area contributed by atoms with Gasteiger partial charge in [-0.05, 0) is 53.0 Å². The van der Waals surface area contributed by atoms with Gasteiger partial charge in [0.1, 0.15) is 0 Å². The molecule has 0 aromatic rings. The Morgan fingerprint density at radius 1 is 1.20 bits per heavy atom. The summed E-state index contributed by atoms with van der Waals surface area (Å²) < 4.78 is 0. The third-order valence-corrected chi connectivity index (χ3v) is 4.84. The van der Waals surface area contributed by atoms with Crippen LogP contribution in [0.5, 0.6) is 0 Å². The van der Waals surface area contributed by atoms with E-state index in [1.54, 1.807) is 0 Å². The highest BCUT2D eigenvalue weighted by molar-refractivity contribution is 5.81. The Morgan fingerprint density at radius 3 is 2.45 bits per heavy atom. The van der Waals surface area contributed by atoms with Crippen LogP contribution in [-0.2, 0) is 4.79 Å². The number of nitrogens with one attached hydrogen (secondary N) is 2. The van der Waals surface area contributed by atoms with Crippen LogP contribution in [0, 0.1) is 0 Å². The monoisotopic (exact) mass is 281 g/mol. The number of carbonyl (C=O) groups excluding carboxylic acids is 1. The molecule has 0 spiro atoms. The van der Waals surface area contributed by atoms with E-state index < -0.39 is 0 Å². The average Bonchev–Trinajstić information content (AvgIpc) is 3.07. The summed E-state index contributed by atoms with van der Waals surface area (Å²) in [5.74, 6) is 0.212. The molecule has 2 atom stereocenters. The van der Waals surface area contributed by atoms with Crippen molar-refractivity contribution in [3.8, 4) is 0 Å². The Kier molecular flexibility index (Phi) is 5.85. The number of amides is 1. The molecule has 0 aromatic carbocycles. The van der Waals surface area contributed by atoms with E-state index in [1.807, 2.05) is 0 Å². The lowest BCUT2D eigenvalue weighted by molar-refractivity contribution is -0.127. The summed E-state index contributed by atoms with van der Waals surface area (Å²) in [7, 11) is 0. The topological polar surface area (TPSA) is 44.4 Å². The van der Waals surface area contributed by atoms with Crippen LogP contribution < -0.4 is 10.6 Å². The molecule has 0 bridgehead atoms. The van der Waals surface area contributed by atoms with E-state index in [1.165, 1.54) is 25.7 Å². The van der Waals surface area contributed by atoms with E-state index >= 15 is 0 Å². The van der Waals surface area contributed by atoms with E-state index in [4.69, 9.17) is 0 Å². The lowest BCUT2D eigenvalue weighted by Crippen LogP contribution is -2.53. The van der Waals surface area contributed by atoms with Gasteiger partial charge in [0.2, 0.25) is 5.91 Å². The van der Waals surface area contributed by atoms with Crippen molar-refractivity contribution in [2.45, 2.75) is 83.5 Å². The third kappa shape index (κ3) is 4.19. The molecule has 1 amide bonds. The first kappa shape index (κ1) is 15.8. The van der Waals surface area contributed by atoms with Gasteiger partial charge in [-0.2, -0.15) is 0 Å². The minimum Gasteiger partial charge on any atom is -0.352 e. The molecule has 2 rings (SSSR count). The number of hydrogen-bond donors (Lipinski definition) is 2. The zero-order valence-electron chi connectivity index (χ0n) is 13.3. The molecule has 2 fully saturated rings. The molecule has 0 radical (unpaired) electrons. The summed E-state index contributed by atoms with van der Waals surface area (Å²) in [6.07, 6.45) is 7.34. The molecular weight excluding hydrogens is 250 g/mol.